The molecule has 4 nitrogen and oxygen atoms in total. The van der Waals surface area contributed by atoms with E-state index in [2.05, 4.69) is 4.98 Å². The van der Waals surface area contributed by atoms with Crippen LogP contribution >= 0.6 is 0 Å². The molecule has 0 fully saturated rings. The van der Waals surface area contributed by atoms with Crippen molar-refractivity contribution < 1.29 is 9.59 Å². The van der Waals surface area contributed by atoms with Crippen LogP contribution in [0.4, 0.5) is 0 Å². The predicted molar refractivity (Wildman–Crippen MR) is 55.2 cm³/mol. The zero-order chi connectivity index (χ0) is 11.0. The second-order valence-corrected chi connectivity index (χ2v) is 3.52. The Hall–Kier alpha value is -1.97. The lowest BCUT2D eigenvalue weighted by atomic mass is 9.97. The smallest absolute Gasteiger partial charge is 0.251 e. The van der Waals surface area contributed by atoms with Gasteiger partial charge in [-0.05, 0) is 12.1 Å². The lowest BCUT2D eigenvalue weighted by Gasteiger charge is -2.21. The number of Topliss-reactive ketones (excluding diaryl/α,β-unsaturated/α-hetero) is 1. The van der Waals surface area contributed by atoms with Crippen molar-refractivity contribution in [3.8, 4) is 0 Å². The van der Waals surface area contributed by atoms with Crippen molar-refractivity contribution >= 4 is 17.3 Å². The van der Waals surface area contributed by atoms with Crippen LogP contribution in [-0.2, 0) is 4.79 Å². The van der Waals surface area contributed by atoms with E-state index in [-0.39, 0.29) is 5.69 Å². The van der Waals surface area contributed by atoms with Gasteiger partial charge in [0.15, 0.2) is 0 Å². The van der Waals surface area contributed by atoms with Crippen LogP contribution in [0.5, 0.6) is 0 Å². The van der Waals surface area contributed by atoms with Crippen molar-refractivity contribution in [2.45, 2.75) is 0 Å². The summed E-state index contributed by atoms with van der Waals surface area (Å²) in [7, 11) is 3.65. The zero-order valence-corrected chi connectivity index (χ0v) is 8.52. The molecule has 1 aliphatic carbocycles. The first-order valence-corrected chi connectivity index (χ1v) is 4.54. The van der Waals surface area contributed by atoms with E-state index >= 15 is 0 Å². The molecule has 0 unspecified atom stereocenters. The molecule has 1 heterocycles. The van der Waals surface area contributed by atoms with Crippen molar-refractivity contribution in [2.24, 2.45) is 0 Å². The third-order valence-electron chi connectivity index (χ3n) is 2.27. The van der Waals surface area contributed by atoms with E-state index in [9.17, 15) is 9.59 Å². The van der Waals surface area contributed by atoms with Gasteiger partial charge in [-0.3, -0.25) is 14.6 Å². The monoisotopic (exact) mass is 202 g/mol. The van der Waals surface area contributed by atoms with Gasteiger partial charge in [-0.1, -0.05) is 0 Å². The van der Waals surface area contributed by atoms with Crippen LogP contribution in [-0.4, -0.2) is 35.5 Å². The Morgan fingerprint density at radius 2 is 2.00 bits per heavy atom. The van der Waals surface area contributed by atoms with Gasteiger partial charge in [-0.15, -0.1) is 0 Å². The number of rotatable bonds is 1. The zero-order valence-electron chi connectivity index (χ0n) is 8.52. The molecule has 1 aromatic heterocycles. The van der Waals surface area contributed by atoms with Crippen LogP contribution in [0.3, 0.4) is 0 Å². The van der Waals surface area contributed by atoms with E-state index in [0.29, 0.717) is 5.56 Å². The molecule has 0 N–H and O–H groups in total. The Morgan fingerprint density at radius 1 is 1.27 bits per heavy atom. The summed E-state index contributed by atoms with van der Waals surface area (Å²) >= 11 is 0. The summed E-state index contributed by atoms with van der Waals surface area (Å²) in [6, 6.07) is 3.54. The molecule has 15 heavy (non-hydrogen) atoms. The van der Waals surface area contributed by atoms with Crippen LogP contribution in [0.15, 0.2) is 24.4 Å². The number of pyridine rings is 1. The van der Waals surface area contributed by atoms with Crippen molar-refractivity contribution in [1.29, 1.82) is 0 Å². The molecule has 0 amide bonds. The lowest BCUT2D eigenvalue weighted by molar-refractivity contribution is -0.111. The Morgan fingerprint density at radius 3 is 2.67 bits per heavy atom. The molecular weight excluding hydrogens is 192 g/mol. The summed E-state index contributed by atoms with van der Waals surface area (Å²) < 4.78 is 0. The number of nitrogens with zero attached hydrogens (tertiary/aromatic N) is 2. The molecule has 0 aliphatic heterocycles. The molecule has 0 bridgehead atoms. The molecule has 4 heteroatoms. The molecule has 0 radical (unpaired) electrons. The van der Waals surface area contributed by atoms with Crippen molar-refractivity contribution in [3.63, 3.8) is 0 Å². The second-order valence-electron chi connectivity index (χ2n) is 3.52. The Labute approximate surface area is 87.2 Å². The fourth-order valence-corrected chi connectivity index (χ4v) is 1.55. The number of hydrogen-bond donors (Lipinski definition) is 0. The summed E-state index contributed by atoms with van der Waals surface area (Å²) in [6.45, 7) is 0. The van der Waals surface area contributed by atoms with Crippen LogP contribution in [0, 0.1) is 0 Å². The number of fused-ring (bicyclic) bond motifs is 1. The van der Waals surface area contributed by atoms with Gasteiger partial charge in [-0.2, -0.15) is 0 Å². The van der Waals surface area contributed by atoms with E-state index in [4.69, 9.17) is 0 Å². The van der Waals surface area contributed by atoms with E-state index in [1.807, 2.05) is 14.1 Å². The summed E-state index contributed by atoms with van der Waals surface area (Å²) in [5, 5.41) is 0. The fourth-order valence-electron chi connectivity index (χ4n) is 1.55. The van der Waals surface area contributed by atoms with Gasteiger partial charge in [0, 0.05) is 37.6 Å². The van der Waals surface area contributed by atoms with E-state index in [1.54, 1.807) is 17.0 Å². The van der Waals surface area contributed by atoms with E-state index in [1.165, 1.54) is 12.3 Å². The third kappa shape index (κ3) is 1.44. The van der Waals surface area contributed by atoms with Crippen LogP contribution in [0.2, 0.25) is 0 Å². The molecule has 1 aromatic rings. The number of carbonyl (C=O) groups excluding carboxylic acids is 2. The molecule has 2 rings (SSSR count). The minimum Gasteiger partial charge on any atom is -0.377 e. The molecule has 0 saturated carbocycles. The maximum absolute atomic E-state index is 11.5. The highest BCUT2D eigenvalue weighted by Gasteiger charge is 2.27. The maximum atomic E-state index is 11.5. The average Bonchev–Trinajstić information content (AvgIpc) is 2.23. The number of aromatic nitrogens is 1. The number of carbonyl (C=O) groups is 2. The van der Waals surface area contributed by atoms with Crippen molar-refractivity contribution in [3.05, 3.63) is 35.7 Å². The minimum atomic E-state index is -0.531. The molecule has 0 saturated heterocycles. The Kier molecular flexibility index (Phi) is 2.11. The highest BCUT2D eigenvalue weighted by Crippen LogP contribution is 2.24. The van der Waals surface area contributed by atoms with Crippen LogP contribution < -0.4 is 0 Å². The average molecular weight is 202 g/mol. The highest BCUT2D eigenvalue weighted by atomic mass is 16.2. The summed E-state index contributed by atoms with van der Waals surface area (Å²) in [5.74, 6) is -1.04. The molecule has 76 valence electrons. The van der Waals surface area contributed by atoms with Crippen LogP contribution in [0.25, 0.3) is 5.70 Å². The van der Waals surface area contributed by atoms with Gasteiger partial charge in [-0.25, -0.2) is 0 Å². The third-order valence-corrected chi connectivity index (χ3v) is 2.27. The van der Waals surface area contributed by atoms with Crippen molar-refractivity contribution in [2.75, 3.05) is 14.1 Å². The number of allylic oxidation sites excluding steroid dienone is 1. The Balaban J connectivity index is 2.66. The van der Waals surface area contributed by atoms with Crippen molar-refractivity contribution in [1.82, 2.24) is 9.88 Å². The van der Waals surface area contributed by atoms with Gasteiger partial charge in [0.25, 0.3) is 5.78 Å². The summed E-state index contributed by atoms with van der Waals surface area (Å²) in [6.07, 6.45) is 2.87. The maximum Gasteiger partial charge on any atom is 0.251 e. The lowest BCUT2D eigenvalue weighted by Crippen LogP contribution is -2.24. The molecule has 1 aliphatic rings. The SMILES string of the molecule is CN(C)C1=CC(=O)C(=O)c2ncccc21. The topological polar surface area (TPSA) is 50.3 Å². The normalized spacial score (nSPS) is 14.7. The van der Waals surface area contributed by atoms with Crippen LogP contribution in [0.1, 0.15) is 16.1 Å². The molecule has 0 spiro atoms. The quantitative estimate of drug-likeness (QED) is 0.630. The molecular formula is C11H10N2O2. The van der Waals surface area contributed by atoms with E-state index < -0.39 is 11.6 Å². The predicted octanol–water partition coefficient (Wildman–Crippen LogP) is 0.750. The standard InChI is InChI=1S/C11H10N2O2/c1-13(2)8-6-9(14)11(15)10-7(8)4-3-5-12-10/h3-6H,1-2H3. The number of hydrogen-bond acceptors (Lipinski definition) is 4. The van der Waals surface area contributed by atoms with E-state index in [0.717, 1.165) is 5.70 Å². The minimum absolute atomic E-state index is 0.244. The van der Waals surface area contributed by atoms with Gasteiger partial charge in [0.2, 0.25) is 5.78 Å². The first-order chi connectivity index (χ1) is 7.11. The molecule has 0 atom stereocenters. The van der Waals surface area contributed by atoms with Gasteiger partial charge in [0.1, 0.15) is 5.69 Å². The first kappa shape index (κ1) is 9.58. The van der Waals surface area contributed by atoms with Gasteiger partial charge < -0.3 is 4.90 Å². The molecule has 0 aromatic carbocycles. The fraction of sp³-hybridized carbons (Fsp3) is 0.182. The summed E-state index contributed by atoms with van der Waals surface area (Å²) in [5.41, 5.74) is 1.68. The first-order valence-electron chi connectivity index (χ1n) is 4.54. The highest BCUT2D eigenvalue weighted by molar-refractivity contribution is 6.50. The Bertz CT molecular complexity index is 475. The van der Waals surface area contributed by atoms with Gasteiger partial charge in [0.05, 0.1) is 0 Å². The largest absolute Gasteiger partial charge is 0.377 e. The second kappa shape index (κ2) is 3.31. The summed E-state index contributed by atoms with van der Waals surface area (Å²) in [4.78, 5) is 28.6. The number of ketones is 2. The van der Waals surface area contributed by atoms with Gasteiger partial charge >= 0.3 is 0 Å².